The SMILES string of the molecule is [C-]#[N+][C@H]1CN(c2cc(Cl)cnn2)C(=O)N1c1cncc2ccccc12. The van der Waals surface area contributed by atoms with E-state index in [4.69, 9.17) is 18.2 Å². The molecule has 0 radical (unpaired) electrons. The van der Waals surface area contributed by atoms with Gasteiger partial charge in [0.25, 0.3) is 0 Å². The van der Waals surface area contributed by atoms with Crippen LogP contribution in [0.25, 0.3) is 15.6 Å². The Kier molecular flexibility index (Phi) is 3.67. The molecule has 0 spiro atoms. The molecule has 7 nitrogen and oxygen atoms in total. The van der Waals surface area contributed by atoms with E-state index in [0.29, 0.717) is 16.5 Å². The topological polar surface area (TPSA) is 66.6 Å². The van der Waals surface area contributed by atoms with Crippen LogP contribution in [0.15, 0.2) is 48.9 Å². The van der Waals surface area contributed by atoms with Crippen LogP contribution in [0.5, 0.6) is 0 Å². The molecule has 8 heteroatoms. The van der Waals surface area contributed by atoms with E-state index < -0.39 is 6.17 Å². The molecule has 1 aromatic carbocycles. The van der Waals surface area contributed by atoms with E-state index in [1.807, 2.05) is 24.3 Å². The molecule has 4 rings (SSSR count). The van der Waals surface area contributed by atoms with E-state index in [9.17, 15) is 4.79 Å². The van der Waals surface area contributed by atoms with Gasteiger partial charge in [-0.25, -0.2) is 16.3 Å². The third-order valence-corrected chi connectivity index (χ3v) is 4.23. The number of amides is 2. The van der Waals surface area contributed by atoms with Gasteiger partial charge in [0.15, 0.2) is 5.82 Å². The molecule has 25 heavy (non-hydrogen) atoms. The summed E-state index contributed by atoms with van der Waals surface area (Å²) in [4.78, 5) is 23.7. The van der Waals surface area contributed by atoms with Gasteiger partial charge in [0.05, 0.1) is 23.1 Å². The summed E-state index contributed by atoms with van der Waals surface area (Å²) in [5, 5.41) is 9.87. The van der Waals surface area contributed by atoms with Crippen LogP contribution in [-0.2, 0) is 0 Å². The first-order valence-corrected chi connectivity index (χ1v) is 7.85. The normalized spacial score (nSPS) is 17.1. The zero-order chi connectivity index (χ0) is 17.4. The predicted molar refractivity (Wildman–Crippen MR) is 94.4 cm³/mol. The van der Waals surface area contributed by atoms with Crippen LogP contribution in [0.2, 0.25) is 5.02 Å². The van der Waals surface area contributed by atoms with E-state index >= 15 is 0 Å². The number of hydrogen-bond donors (Lipinski definition) is 0. The third-order valence-electron chi connectivity index (χ3n) is 4.02. The molecule has 1 saturated heterocycles. The number of carbonyl (C=O) groups is 1. The third kappa shape index (κ3) is 2.53. The second kappa shape index (κ2) is 6.00. The molecular formula is C17H11ClN6O. The molecule has 0 bridgehead atoms. The molecule has 3 aromatic rings. The van der Waals surface area contributed by atoms with Crippen LogP contribution in [0.1, 0.15) is 0 Å². The number of pyridine rings is 1. The van der Waals surface area contributed by atoms with Crippen molar-refractivity contribution in [1.82, 2.24) is 15.2 Å². The summed E-state index contributed by atoms with van der Waals surface area (Å²) in [5.74, 6) is 0.321. The van der Waals surface area contributed by atoms with E-state index in [-0.39, 0.29) is 12.6 Å². The van der Waals surface area contributed by atoms with Crippen molar-refractivity contribution >= 4 is 39.9 Å². The van der Waals surface area contributed by atoms with E-state index in [2.05, 4.69) is 20.0 Å². The Morgan fingerprint density at radius 2 is 2.08 bits per heavy atom. The van der Waals surface area contributed by atoms with Crippen molar-refractivity contribution in [3.63, 3.8) is 0 Å². The Balaban J connectivity index is 1.81. The van der Waals surface area contributed by atoms with Gasteiger partial charge in [-0.1, -0.05) is 35.9 Å². The summed E-state index contributed by atoms with van der Waals surface area (Å²) >= 11 is 5.95. The highest BCUT2D eigenvalue weighted by Crippen LogP contribution is 2.33. The van der Waals surface area contributed by atoms with Gasteiger partial charge >= 0.3 is 12.2 Å². The van der Waals surface area contributed by atoms with Gasteiger partial charge in [-0.3, -0.25) is 14.7 Å². The molecule has 1 aliphatic heterocycles. The molecule has 0 saturated carbocycles. The Labute approximate surface area is 148 Å². The van der Waals surface area contributed by atoms with Crippen LogP contribution in [-0.4, -0.2) is 33.9 Å². The molecule has 122 valence electrons. The number of hydrogen-bond acceptors (Lipinski definition) is 4. The number of benzene rings is 1. The van der Waals surface area contributed by atoms with Crippen molar-refractivity contribution in [2.45, 2.75) is 6.17 Å². The van der Waals surface area contributed by atoms with Crippen LogP contribution in [0.4, 0.5) is 16.3 Å². The number of carbonyl (C=O) groups excluding carboxylic acids is 1. The fourth-order valence-electron chi connectivity index (χ4n) is 2.89. The largest absolute Gasteiger partial charge is 0.336 e. The maximum absolute atomic E-state index is 13.0. The lowest BCUT2D eigenvalue weighted by atomic mass is 10.1. The second-order valence-electron chi connectivity index (χ2n) is 5.48. The van der Waals surface area contributed by atoms with Gasteiger partial charge in [0.1, 0.15) is 6.54 Å². The van der Waals surface area contributed by atoms with Crippen molar-refractivity contribution in [3.05, 3.63) is 65.4 Å². The highest BCUT2D eigenvalue weighted by atomic mass is 35.5. The molecule has 3 heterocycles. The van der Waals surface area contributed by atoms with Crippen molar-refractivity contribution in [1.29, 1.82) is 0 Å². The van der Waals surface area contributed by atoms with E-state index in [1.54, 1.807) is 18.5 Å². The summed E-state index contributed by atoms with van der Waals surface area (Å²) < 4.78 is 0. The standard InChI is InChI=1S/C17H11ClN6O/c1-19-16-10-23(15-6-12(18)8-21-22-15)17(25)24(16)14-9-20-7-11-4-2-3-5-13(11)14/h2-9,16H,10H2/t16-/m1/s1. The molecule has 1 aliphatic rings. The first kappa shape index (κ1) is 15.3. The molecule has 1 atom stereocenters. The van der Waals surface area contributed by atoms with Crippen molar-refractivity contribution in [2.75, 3.05) is 16.3 Å². The van der Waals surface area contributed by atoms with Crippen LogP contribution >= 0.6 is 11.6 Å². The van der Waals surface area contributed by atoms with E-state index in [1.165, 1.54) is 16.0 Å². The van der Waals surface area contributed by atoms with Gasteiger partial charge in [0, 0.05) is 23.0 Å². The van der Waals surface area contributed by atoms with Gasteiger partial charge in [0.2, 0.25) is 0 Å². The summed E-state index contributed by atoms with van der Waals surface area (Å²) in [6.07, 6.45) is 4.04. The predicted octanol–water partition coefficient (Wildman–Crippen LogP) is 3.37. The molecular weight excluding hydrogens is 340 g/mol. The zero-order valence-electron chi connectivity index (χ0n) is 12.9. The quantitative estimate of drug-likeness (QED) is 0.665. The van der Waals surface area contributed by atoms with Crippen molar-refractivity contribution < 1.29 is 4.79 Å². The highest BCUT2D eigenvalue weighted by Gasteiger charge is 2.44. The minimum absolute atomic E-state index is 0.181. The Morgan fingerprint density at radius 3 is 2.88 bits per heavy atom. The lowest BCUT2D eigenvalue weighted by Gasteiger charge is -2.18. The molecule has 1 fully saturated rings. The Bertz CT molecular complexity index is 1010. The average molecular weight is 351 g/mol. The van der Waals surface area contributed by atoms with Crippen LogP contribution in [0.3, 0.4) is 0 Å². The zero-order valence-corrected chi connectivity index (χ0v) is 13.6. The fourth-order valence-corrected chi connectivity index (χ4v) is 3.03. The van der Waals surface area contributed by atoms with Crippen molar-refractivity contribution in [2.24, 2.45) is 0 Å². The average Bonchev–Trinajstić information content (AvgIpc) is 2.97. The monoisotopic (exact) mass is 350 g/mol. The molecule has 0 unspecified atom stereocenters. The molecule has 0 N–H and O–H groups in total. The number of urea groups is 1. The maximum atomic E-state index is 13.0. The van der Waals surface area contributed by atoms with Gasteiger partial charge in [-0.15, -0.1) is 5.10 Å². The van der Waals surface area contributed by atoms with Gasteiger partial charge in [-0.2, -0.15) is 5.10 Å². The fraction of sp³-hybridized carbons (Fsp3) is 0.118. The Morgan fingerprint density at radius 1 is 1.24 bits per heavy atom. The minimum atomic E-state index is -0.680. The molecule has 0 aliphatic carbocycles. The number of halogens is 1. The summed E-state index contributed by atoms with van der Waals surface area (Å²) in [5.41, 5.74) is 0.599. The molecule has 2 aromatic heterocycles. The second-order valence-corrected chi connectivity index (χ2v) is 5.92. The summed E-state index contributed by atoms with van der Waals surface area (Å²) in [6, 6.07) is 8.81. The first-order chi connectivity index (χ1) is 12.2. The smallest absolute Gasteiger partial charge is 0.287 e. The van der Waals surface area contributed by atoms with Crippen LogP contribution in [0, 0.1) is 6.57 Å². The van der Waals surface area contributed by atoms with Gasteiger partial charge < -0.3 is 0 Å². The number of aromatic nitrogens is 3. The number of fused-ring (bicyclic) bond motifs is 1. The number of nitrogens with zero attached hydrogens (tertiary/aromatic N) is 6. The lowest BCUT2D eigenvalue weighted by Crippen LogP contribution is -2.34. The van der Waals surface area contributed by atoms with Gasteiger partial charge in [-0.05, 0) is 0 Å². The van der Waals surface area contributed by atoms with E-state index in [0.717, 1.165) is 10.8 Å². The maximum Gasteiger partial charge on any atom is 0.336 e. The van der Waals surface area contributed by atoms with Crippen molar-refractivity contribution in [3.8, 4) is 0 Å². The number of rotatable bonds is 2. The summed E-state index contributed by atoms with van der Waals surface area (Å²) in [7, 11) is 0. The molecule has 2 amide bonds. The highest BCUT2D eigenvalue weighted by molar-refractivity contribution is 6.30. The number of anilines is 2. The summed E-state index contributed by atoms with van der Waals surface area (Å²) in [6.45, 7) is 7.68. The Hall–Kier alpha value is -3.24. The van der Waals surface area contributed by atoms with Crippen LogP contribution < -0.4 is 9.80 Å². The lowest BCUT2D eigenvalue weighted by molar-refractivity contribution is 0.255. The minimum Gasteiger partial charge on any atom is -0.287 e. The first-order valence-electron chi connectivity index (χ1n) is 7.47.